The maximum atomic E-state index is 15.0. The zero-order valence-corrected chi connectivity index (χ0v) is 26.9. The topological polar surface area (TPSA) is 70.2 Å². The molecule has 2 heterocycles. The molecule has 2 aromatic carbocycles. The molecule has 2 aliphatic heterocycles. The number of amides is 2. The summed E-state index contributed by atoms with van der Waals surface area (Å²) in [6, 6.07) is 9.28. The van der Waals surface area contributed by atoms with E-state index in [0.29, 0.717) is 26.1 Å². The molecule has 2 aliphatic carbocycles. The fourth-order valence-electron chi connectivity index (χ4n) is 7.46. The number of rotatable bonds is 7. The summed E-state index contributed by atoms with van der Waals surface area (Å²) >= 11 is 0. The molecule has 4 aliphatic rings. The molecule has 45 heavy (non-hydrogen) atoms. The molecule has 2 aromatic rings. The molecular formula is C36H45F2N3O4. The predicted molar refractivity (Wildman–Crippen MR) is 166 cm³/mol. The third kappa shape index (κ3) is 6.93. The smallest absolute Gasteiger partial charge is 0.324 e. The lowest BCUT2D eigenvalue weighted by Gasteiger charge is -2.44. The highest BCUT2D eigenvalue weighted by Crippen LogP contribution is 2.40. The van der Waals surface area contributed by atoms with E-state index < -0.39 is 35.1 Å². The molecule has 1 saturated carbocycles. The second-order valence-corrected chi connectivity index (χ2v) is 14.5. The van der Waals surface area contributed by atoms with Crippen LogP contribution in [0, 0.1) is 23.5 Å². The third-order valence-electron chi connectivity index (χ3n) is 9.89. The van der Waals surface area contributed by atoms with Gasteiger partial charge in [-0.3, -0.25) is 19.3 Å². The van der Waals surface area contributed by atoms with Gasteiger partial charge >= 0.3 is 5.97 Å². The van der Waals surface area contributed by atoms with E-state index in [-0.39, 0.29) is 48.4 Å². The summed E-state index contributed by atoms with van der Waals surface area (Å²) in [7, 11) is 0. The number of hydrogen-bond acceptors (Lipinski definition) is 5. The van der Waals surface area contributed by atoms with Crippen molar-refractivity contribution >= 4 is 17.8 Å². The Hall–Kier alpha value is -3.33. The summed E-state index contributed by atoms with van der Waals surface area (Å²) in [5.74, 6) is -2.95. The molecule has 2 amide bonds. The molecule has 4 atom stereocenters. The molecule has 242 valence electrons. The number of halogens is 2. The van der Waals surface area contributed by atoms with Gasteiger partial charge in [0, 0.05) is 56.7 Å². The Bertz CT molecular complexity index is 1470. The van der Waals surface area contributed by atoms with E-state index in [1.54, 1.807) is 4.90 Å². The fourth-order valence-corrected chi connectivity index (χ4v) is 7.46. The quantitative estimate of drug-likeness (QED) is 0.412. The Labute approximate surface area is 264 Å². The van der Waals surface area contributed by atoms with Gasteiger partial charge in [-0.2, -0.15) is 0 Å². The first kappa shape index (κ1) is 31.6. The number of likely N-dealkylation sites (tertiary alicyclic amines) is 1. The molecule has 0 spiro atoms. The van der Waals surface area contributed by atoms with Crippen LogP contribution in [0.5, 0.6) is 0 Å². The molecule has 0 N–H and O–H groups in total. The number of carbonyl (C=O) groups excluding carboxylic acids is 3. The van der Waals surface area contributed by atoms with Crippen molar-refractivity contribution in [2.24, 2.45) is 11.8 Å². The van der Waals surface area contributed by atoms with Gasteiger partial charge in [-0.15, -0.1) is 0 Å². The van der Waals surface area contributed by atoms with Crippen molar-refractivity contribution in [1.29, 1.82) is 0 Å². The average molecular weight is 622 g/mol. The summed E-state index contributed by atoms with van der Waals surface area (Å²) in [4.78, 5) is 46.5. The van der Waals surface area contributed by atoms with Crippen LogP contribution in [-0.4, -0.2) is 82.9 Å². The van der Waals surface area contributed by atoms with E-state index in [1.807, 2.05) is 32.6 Å². The maximum Gasteiger partial charge on any atom is 0.324 e. The Morgan fingerprint density at radius 3 is 2.38 bits per heavy atom. The highest BCUT2D eigenvalue weighted by Gasteiger charge is 2.47. The first-order chi connectivity index (χ1) is 21.4. The van der Waals surface area contributed by atoms with Crippen LogP contribution in [0.25, 0.3) is 0 Å². The van der Waals surface area contributed by atoms with E-state index in [1.165, 1.54) is 23.3 Å². The van der Waals surface area contributed by atoms with Gasteiger partial charge in [-0.1, -0.05) is 24.3 Å². The summed E-state index contributed by atoms with van der Waals surface area (Å²) in [6.45, 7) is 9.41. The number of aryl methyl sites for hydroxylation is 2. The molecule has 0 aromatic heterocycles. The number of esters is 1. The molecule has 7 nitrogen and oxygen atoms in total. The summed E-state index contributed by atoms with van der Waals surface area (Å²) < 4.78 is 34.7. The van der Waals surface area contributed by atoms with E-state index in [4.69, 9.17) is 4.74 Å². The highest BCUT2D eigenvalue weighted by molar-refractivity contribution is 5.85. The first-order valence-corrected chi connectivity index (χ1v) is 16.5. The van der Waals surface area contributed by atoms with Crippen molar-refractivity contribution in [2.75, 3.05) is 32.7 Å². The van der Waals surface area contributed by atoms with Gasteiger partial charge < -0.3 is 14.5 Å². The minimum Gasteiger partial charge on any atom is -0.459 e. The molecule has 2 saturated heterocycles. The van der Waals surface area contributed by atoms with Crippen molar-refractivity contribution in [2.45, 2.75) is 89.8 Å². The predicted octanol–water partition coefficient (Wildman–Crippen LogP) is 4.89. The van der Waals surface area contributed by atoms with Gasteiger partial charge in [-0.05, 0) is 94.5 Å². The van der Waals surface area contributed by atoms with Crippen LogP contribution in [0.3, 0.4) is 0 Å². The second-order valence-electron chi connectivity index (χ2n) is 14.5. The Morgan fingerprint density at radius 2 is 1.69 bits per heavy atom. The minimum absolute atomic E-state index is 0.0162. The van der Waals surface area contributed by atoms with Crippen molar-refractivity contribution < 1.29 is 27.9 Å². The number of benzene rings is 2. The standard InChI is InChI=1S/C36H45F2N3O4/c1-22-19-39(32(35(44)45-36(2,3)4)17-23-8-9-24-6-5-7-26(24)16-23)14-15-41(22)34(43)30-21-40(33(42)25-10-11-25)20-29(30)28-13-12-27(37)18-31(28)38/h8-9,12-13,16,18,22,25,29-30,32H,5-7,10-11,14-15,17,19-21H2,1-4H3/t22-,29-,30+,32-/m0/s1. The molecule has 0 radical (unpaired) electrons. The van der Waals surface area contributed by atoms with Crippen LogP contribution in [-0.2, 0) is 38.4 Å². The van der Waals surface area contributed by atoms with Gasteiger partial charge in [-0.25, -0.2) is 8.78 Å². The lowest BCUT2D eigenvalue weighted by molar-refractivity contribution is -0.163. The minimum atomic E-state index is -0.692. The Morgan fingerprint density at radius 1 is 0.933 bits per heavy atom. The van der Waals surface area contributed by atoms with Crippen molar-refractivity contribution in [3.63, 3.8) is 0 Å². The van der Waals surface area contributed by atoms with Crippen LogP contribution in [0.15, 0.2) is 36.4 Å². The van der Waals surface area contributed by atoms with E-state index >= 15 is 4.39 Å². The molecule has 0 unspecified atom stereocenters. The van der Waals surface area contributed by atoms with E-state index in [2.05, 4.69) is 23.1 Å². The third-order valence-corrected chi connectivity index (χ3v) is 9.89. The van der Waals surface area contributed by atoms with Gasteiger partial charge in [0.05, 0.1) is 5.92 Å². The SMILES string of the molecule is C[C@H]1CN([C@@H](Cc2ccc3c(c2)CCC3)C(=O)OC(C)(C)C)CCN1C(=O)[C@@H]1CN(C(=O)C2CC2)C[C@H]1c1ccc(F)cc1F. The molecule has 9 heteroatoms. The van der Waals surface area contributed by atoms with Crippen molar-refractivity contribution in [3.05, 3.63) is 70.3 Å². The van der Waals surface area contributed by atoms with Gasteiger partial charge in [0.25, 0.3) is 0 Å². The maximum absolute atomic E-state index is 15.0. The van der Waals surface area contributed by atoms with Crippen LogP contribution < -0.4 is 0 Å². The summed E-state index contributed by atoms with van der Waals surface area (Å²) in [5.41, 5.74) is 3.49. The number of carbonyl (C=O) groups is 3. The molecule has 3 fully saturated rings. The monoisotopic (exact) mass is 621 g/mol. The van der Waals surface area contributed by atoms with Crippen LogP contribution in [0.2, 0.25) is 0 Å². The fraction of sp³-hybridized carbons (Fsp3) is 0.583. The highest BCUT2D eigenvalue weighted by atomic mass is 19.1. The normalized spacial score (nSPS) is 24.4. The lowest BCUT2D eigenvalue weighted by Crippen LogP contribution is -2.60. The molecule has 0 bridgehead atoms. The van der Waals surface area contributed by atoms with Gasteiger partial charge in [0.15, 0.2) is 0 Å². The van der Waals surface area contributed by atoms with E-state index in [0.717, 1.165) is 43.7 Å². The summed E-state index contributed by atoms with van der Waals surface area (Å²) in [5, 5.41) is 0. The number of fused-ring (bicyclic) bond motifs is 1. The number of nitrogens with zero attached hydrogens (tertiary/aromatic N) is 3. The van der Waals surface area contributed by atoms with Gasteiger partial charge in [0.2, 0.25) is 11.8 Å². The van der Waals surface area contributed by atoms with Crippen LogP contribution >= 0.6 is 0 Å². The molecular weight excluding hydrogens is 576 g/mol. The molecule has 6 rings (SSSR count). The van der Waals surface area contributed by atoms with Crippen LogP contribution in [0.4, 0.5) is 8.78 Å². The summed E-state index contributed by atoms with van der Waals surface area (Å²) in [6.07, 6.45) is 5.52. The lowest BCUT2D eigenvalue weighted by atomic mass is 9.87. The zero-order chi connectivity index (χ0) is 32.0. The number of ether oxygens (including phenoxy) is 1. The number of hydrogen-bond donors (Lipinski definition) is 0. The average Bonchev–Trinajstić information content (AvgIpc) is 3.56. The largest absolute Gasteiger partial charge is 0.459 e. The first-order valence-electron chi connectivity index (χ1n) is 16.5. The Balaban J connectivity index is 1.20. The Kier molecular flexibility index (Phi) is 8.76. The number of piperazine rings is 1. The zero-order valence-electron chi connectivity index (χ0n) is 26.9. The second kappa shape index (κ2) is 12.5. The van der Waals surface area contributed by atoms with Crippen molar-refractivity contribution in [3.8, 4) is 0 Å². The van der Waals surface area contributed by atoms with Crippen LogP contribution in [0.1, 0.15) is 75.1 Å². The van der Waals surface area contributed by atoms with Gasteiger partial charge in [0.1, 0.15) is 23.3 Å². The van der Waals surface area contributed by atoms with Crippen molar-refractivity contribution in [1.82, 2.24) is 14.7 Å². The van der Waals surface area contributed by atoms with E-state index in [9.17, 15) is 18.8 Å².